The Bertz CT molecular complexity index is 960. The topological polar surface area (TPSA) is 70.9 Å². The van der Waals surface area contributed by atoms with Gasteiger partial charge in [0.1, 0.15) is 17.5 Å². The average Bonchev–Trinajstić information content (AvgIpc) is 2.65. The van der Waals surface area contributed by atoms with Gasteiger partial charge < -0.3 is 10.2 Å². The quantitative estimate of drug-likeness (QED) is 0.754. The highest BCUT2D eigenvalue weighted by Gasteiger charge is 2.31. The van der Waals surface area contributed by atoms with Crippen LogP contribution < -0.4 is 10.2 Å². The highest BCUT2D eigenvalue weighted by atomic mass is 32.2. The first kappa shape index (κ1) is 20.3. The fourth-order valence-corrected chi connectivity index (χ4v) is 4.43. The standard InChI is InChI=1S/C18H18F3N3O3S/c19-13-1-4-15(5-2-13)28(26,27)24-9-7-23(8-10-24)12-18(25)22-17-11-14(20)3-6-16(17)21/h1-6,11H,7-10,12H2,(H,22,25)/p+1. The summed E-state index contributed by atoms with van der Waals surface area (Å²) in [6, 6.07) is 7.38. The van der Waals surface area contributed by atoms with Crippen LogP contribution in [0.4, 0.5) is 18.9 Å². The molecule has 0 bridgehead atoms. The van der Waals surface area contributed by atoms with Crippen LogP contribution in [0, 0.1) is 17.5 Å². The Morgan fingerprint density at radius 2 is 1.61 bits per heavy atom. The Balaban J connectivity index is 1.55. The third-order valence-corrected chi connectivity index (χ3v) is 6.41. The van der Waals surface area contributed by atoms with Gasteiger partial charge >= 0.3 is 0 Å². The Morgan fingerprint density at radius 3 is 2.25 bits per heavy atom. The summed E-state index contributed by atoms with van der Waals surface area (Å²) in [6.07, 6.45) is 0. The predicted octanol–water partition coefficient (Wildman–Crippen LogP) is 0.632. The third kappa shape index (κ3) is 4.70. The van der Waals surface area contributed by atoms with Gasteiger partial charge in [-0.1, -0.05) is 0 Å². The van der Waals surface area contributed by atoms with Gasteiger partial charge in [-0.25, -0.2) is 21.6 Å². The highest BCUT2D eigenvalue weighted by Crippen LogP contribution is 2.16. The van der Waals surface area contributed by atoms with Crippen molar-refractivity contribution in [1.82, 2.24) is 4.31 Å². The van der Waals surface area contributed by atoms with E-state index >= 15 is 0 Å². The highest BCUT2D eigenvalue weighted by molar-refractivity contribution is 7.89. The summed E-state index contributed by atoms with van der Waals surface area (Å²) in [6.45, 7) is 1.13. The molecule has 2 N–H and O–H groups in total. The minimum absolute atomic E-state index is 0.000386. The molecule has 0 radical (unpaired) electrons. The van der Waals surface area contributed by atoms with Gasteiger partial charge in [0.05, 0.1) is 36.8 Å². The molecule has 10 heteroatoms. The SMILES string of the molecule is O=C(C[NH+]1CCN(S(=O)(=O)c2ccc(F)cc2)CC1)Nc1cc(F)ccc1F. The van der Waals surface area contributed by atoms with E-state index in [-0.39, 0.29) is 30.2 Å². The Morgan fingerprint density at radius 1 is 1.00 bits per heavy atom. The number of quaternary nitrogens is 1. The average molecular weight is 414 g/mol. The van der Waals surface area contributed by atoms with Crippen LogP contribution in [0.5, 0.6) is 0 Å². The van der Waals surface area contributed by atoms with Gasteiger partial charge in [-0.15, -0.1) is 0 Å². The number of anilines is 1. The second-order valence-corrected chi connectivity index (χ2v) is 8.40. The summed E-state index contributed by atoms with van der Waals surface area (Å²) < 4.78 is 66.2. The number of sulfonamides is 1. The van der Waals surface area contributed by atoms with Crippen LogP contribution in [0.25, 0.3) is 0 Å². The largest absolute Gasteiger partial charge is 0.325 e. The number of rotatable bonds is 5. The van der Waals surface area contributed by atoms with Crippen molar-refractivity contribution in [2.24, 2.45) is 0 Å². The van der Waals surface area contributed by atoms with E-state index in [4.69, 9.17) is 0 Å². The first-order chi connectivity index (χ1) is 13.3. The molecule has 0 spiro atoms. The molecule has 0 saturated carbocycles. The van der Waals surface area contributed by atoms with Gasteiger partial charge in [0.2, 0.25) is 10.0 Å². The van der Waals surface area contributed by atoms with E-state index in [1.54, 1.807) is 0 Å². The van der Waals surface area contributed by atoms with Crippen LogP contribution in [-0.2, 0) is 14.8 Å². The molecule has 3 rings (SSSR count). The van der Waals surface area contributed by atoms with E-state index in [9.17, 15) is 26.4 Å². The minimum Gasteiger partial charge on any atom is -0.325 e. The molecule has 0 aromatic heterocycles. The van der Waals surface area contributed by atoms with Gasteiger partial charge in [-0.3, -0.25) is 4.79 Å². The van der Waals surface area contributed by atoms with Gasteiger partial charge in [0.15, 0.2) is 6.54 Å². The summed E-state index contributed by atoms with van der Waals surface area (Å²) in [4.78, 5) is 12.9. The van der Waals surface area contributed by atoms with E-state index < -0.39 is 33.4 Å². The number of piperazine rings is 1. The zero-order valence-corrected chi connectivity index (χ0v) is 15.6. The Hall–Kier alpha value is -2.43. The summed E-state index contributed by atoms with van der Waals surface area (Å²) in [5, 5.41) is 2.33. The molecule has 1 aliphatic rings. The maximum absolute atomic E-state index is 13.6. The molecule has 0 aliphatic carbocycles. The molecular formula is C18H19F3N3O3S+. The normalized spacial score (nSPS) is 16.1. The molecule has 28 heavy (non-hydrogen) atoms. The number of nitrogens with zero attached hydrogens (tertiary/aromatic N) is 1. The molecule has 1 aliphatic heterocycles. The summed E-state index contributed by atoms with van der Waals surface area (Å²) in [5.41, 5.74) is -0.234. The van der Waals surface area contributed by atoms with Crippen molar-refractivity contribution in [3.05, 3.63) is 59.9 Å². The zero-order chi connectivity index (χ0) is 20.3. The number of amides is 1. The number of carbonyl (C=O) groups excluding carboxylic acids is 1. The number of carbonyl (C=O) groups is 1. The molecule has 0 unspecified atom stereocenters. The lowest BCUT2D eigenvalue weighted by Gasteiger charge is -2.31. The molecular weight excluding hydrogens is 395 g/mol. The Kier molecular flexibility index (Phi) is 6.01. The van der Waals surface area contributed by atoms with E-state index in [0.717, 1.165) is 35.2 Å². The zero-order valence-electron chi connectivity index (χ0n) is 14.8. The van der Waals surface area contributed by atoms with Crippen LogP contribution >= 0.6 is 0 Å². The van der Waals surface area contributed by atoms with Gasteiger partial charge in [-0.05, 0) is 36.4 Å². The maximum atomic E-state index is 13.6. The minimum atomic E-state index is -3.73. The van der Waals surface area contributed by atoms with Crippen molar-refractivity contribution >= 4 is 21.6 Å². The summed E-state index contributed by atoms with van der Waals surface area (Å²) >= 11 is 0. The van der Waals surface area contributed by atoms with E-state index in [0.29, 0.717) is 13.1 Å². The first-order valence-corrected chi connectivity index (χ1v) is 10.0. The second kappa shape index (κ2) is 8.29. The van der Waals surface area contributed by atoms with Crippen molar-refractivity contribution in [3.63, 3.8) is 0 Å². The molecule has 150 valence electrons. The summed E-state index contributed by atoms with van der Waals surface area (Å²) in [7, 11) is -3.73. The fraction of sp³-hybridized carbons (Fsp3) is 0.278. The lowest BCUT2D eigenvalue weighted by atomic mass is 10.3. The van der Waals surface area contributed by atoms with Crippen LogP contribution in [-0.4, -0.2) is 51.4 Å². The number of hydrogen-bond donors (Lipinski definition) is 2. The number of benzene rings is 2. The number of hydrogen-bond acceptors (Lipinski definition) is 3. The Labute approximate surface area is 160 Å². The maximum Gasteiger partial charge on any atom is 0.279 e. The van der Waals surface area contributed by atoms with Crippen LogP contribution in [0.3, 0.4) is 0 Å². The lowest BCUT2D eigenvalue weighted by Crippen LogP contribution is -3.15. The van der Waals surface area contributed by atoms with Crippen LogP contribution in [0.15, 0.2) is 47.4 Å². The van der Waals surface area contributed by atoms with Crippen LogP contribution in [0.2, 0.25) is 0 Å². The van der Waals surface area contributed by atoms with Crippen molar-refractivity contribution < 1.29 is 31.3 Å². The molecule has 0 atom stereocenters. The fourth-order valence-electron chi connectivity index (χ4n) is 2.99. The van der Waals surface area contributed by atoms with E-state index in [1.807, 2.05) is 0 Å². The van der Waals surface area contributed by atoms with Crippen molar-refractivity contribution in [3.8, 4) is 0 Å². The van der Waals surface area contributed by atoms with Crippen molar-refractivity contribution in [2.75, 3.05) is 38.0 Å². The molecule has 1 saturated heterocycles. The van der Waals surface area contributed by atoms with Gasteiger partial charge in [0.25, 0.3) is 5.91 Å². The van der Waals surface area contributed by atoms with E-state index in [1.165, 1.54) is 16.4 Å². The molecule has 6 nitrogen and oxygen atoms in total. The lowest BCUT2D eigenvalue weighted by molar-refractivity contribution is -0.895. The first-order valence-electron chi connectivity index (χ1n) is 8.60. The van der Waals surface area contributed by atoms with Gasteiger partial charge in [-0.2, -0.15) is 4.31 Å². The number of nitrogens with one attached hydrogen (secondary N) is 2. The third-order valence-electron chi connectivity index (χ3n) is 4.49. The molecule has 2 aromatic carbocycles. The second-order valence-electron chi connectivity index (χ2n) is 6.46. The molecule has 1 heterocycles. The molecule has 2 aromatic rings. The molecule has 1 amide bonds. The van der Waals surface area contributed by atoms with Gasteiger partial charge in [0, 0.05) is 6.07 Å². The monoisotopic (exact) mass is 414 g/mol. The number of halogens is 3. The van der Waals surface area contributed by atoms with Crippen LogP contribution in [0.1, 0.15) is 0 Å². The van der Waals surface area contributed by atoms with Crippen molar-refractivity contribution in [2.45, 2.75) is 4.90 Å². The summed E-state index contributed by atoms with van der Waals surface area (Å²) in [5.74, 6) is -2.41. The van der Waals surface area contributed by atoms with Crippen molar-refractivity contribution in [1.29, 1.82) is 0 Å². The predicted molar refractivity (Wildman–Crippen MR) is 95.7 cm³/mol. The van der Waals surface area contributed by atoms with E-state index in [2.05, 4.69) is 5.32 Å². The smallest absolute Gasteiger partial charge is 0.279 e. The molecule has 1 fully saturated rings.